The first-order valence-electron chi connectivity index (χ1n) is 12.0. The maximum atomic E-state index is 13.4. The molecule has 4 saturated carbocycles. The predicted molar refractivity (Wildman–Crippen MR) is 129 cm³/mol. The molecule has 5 aliphatic rings. The van der Waals surface area contributed by atoms with E-state index in [4.69, 9.17) is 0 Å². The lowest BCUT2D eigenvalue weighted by atomic mass is 9.53. The van der Waals surface area contributed by atoms with Crippen LogP contribution < -0.4 is 10.2 Å². The Morgan fingerprint density at radius 3 is 2.27 bits per heavy atom. The molecule has 1 heterocycles. The topological polar surface area (TPSA) is 49.4 Å². The molecule has 1 aliphatic heterocycles. The number of nitrogens with one attached hydrogen (secondary N) is 1. The fourth-order valence-electron chi connectivity index (χ4n) is 7.20. The lowest BCUT2D eigenvalue weighted by Crippen LogP contribution is -2.59. The first-order chi connectivity index (χ1) is 15.9. The van der Waals surface area contributed by atoms with Gasteiger partial charge in [-0.15, -0.1) is 11.8 Å². The van der Waals surface area contributed by atoms with E-state index in [1.165, 1.54) is 31.4 Å². The average Bonchev–Trinajstić information content (AvgIpc) is 3.14. The van der Waals surface area contributed by atoms with Crippen LogP contribution in [0.3, 0.4) is 0 Å². The minimum absolute atomic E-state index is 0.00353. The van der Waals surface area contributed by atoms with E-state index in [-0.39, 0.29) is 28.5 Å². The number of hydrogen-bond donors (Lipinski definition) is 1. The second kappa shape index (κ2) is 7.86. The zero-order chi connectivity index (χ0) is 22.7. The van der Waals surface area contributed by atoms with E-state index in [0.29, 0.717) is 11.3 Å². The van der Waals surface area contributed by atoms with Crippen molar-refractivity contribution in [3.05, 3.63) is 65.0 Å². The number of thioether (sulfide) groups is 1. The quantitative estimate of drug-likeness (QED) is 0.640. The van der Waals surface area contributed by atoms with E-state index in [0.717, 1.165) is 53.8 Å². The van der Waals surface area contributed by atoms with Crippen LogP contribution in [-0.2, 0) is 4.79 Å². The van der Waals surface area contributed by atoms with Crippen molar-refractivity contribution in [2.45, 2.75) is 56.4 Å². The van der Waals surface area contributed by atoms with E-state index in [1.54, 1.807) is 28.8 Å². The van der Waals surface area contributed by atoms with E-state index < -0.39 is 0 Å². The maximum Gasteiger partial charge on any atom is 0.251 e. The molecule has 6 heteroatoms. The van der Waals surface area contributed by atoms with Crippen LogP contribution >= 0.6 is 11.8 Å². The first kappa shape index (κ1) is 21.2. The number of benzene rings is 2. The van der Waals surface area contributed by atoms with Gasteiger partial charge in [0.1, 0.15) is 11.2 Å². The Morgan fingerprint density at radius 2 is 1.67 bits per heavy atom. The van der Waals surface area contributed by atoms with Gasteiger partial charge in [0.15, 0.2) is 0 Å². The van der Waals surface area contributed by atoms with Gasteiger partial charge in [0.25, 0.3) is 5.91 Å². The van der Waals surface area contributed by atoms with Crippen molar-refractivity contribution in [2.75, 3.05) is 10.7 Å². The van der Waals surface area contributed by atoms with E-state index in [2.05, 4.69) is 5.32 Å². The fourth-order valence-corrected chi connectivity index (χ4v) is 8.37. The number of carbonyl (C=O) groups is 2. The number of anilines is 1. The SMILES string of the molecule is Cc1cc(C(=O)NC23CC4CC(CC(C4)C2)C3)ccc1N1C(=O)CSC1c1ccc(F)cc1. The molecule has 7 rings (SSSR count). The summed E-state index contributed by atoms with van der Waals surface area (Å²) in [6.45, 7) is 1.95. The number of halogens is 1. The van der Waals surface area contributed by atoms with Gasteiger partial charge in [-0.25, -0.2) is 4.39 Å². The second-order valence-corrected chi connectivity index (χ2v) is 11.7. The largest absolute Gasteiger partial charge is 0.347 e. The Labute approximate surface area is 198 Å². The highest BCUT2D eigenvalue weighted by Crippen LogP contribution is 2.55. The molecule has 2 amide bonds. The minimum atomic E-state index is -0.287. The number of aryl methyl sites for hydroxylation is 1. The zero-order valence-corrected chi connectivity index (χ0v) is 19.7. The Balaban J connectivity index is 1.23. The van der Waals surface area contributed by atoms with Gasteiger partial charge in [-0.05, 0) is 105 Å². The summed E-state index contributed by atoms with van der Waals surface area (Å²) >= 11 is 1.54. The van der Waals surface area contributed by atoms with E-state index in [9.17, 15) is 14.0 Å². The van der Waals surface area contributed by atoms with Gasteiger partial charge in [0.2, 0.25) is 5.91 Å². The molecule has 1 unspecified atom stereocenters. The Morgan fingerprint density at radius 1 is 1.03 bits per heavy atom. The molecule has 2 aromatic rings. The lowest BCUT2D eigenvalue weighted by molar-refractivity contribution is -0.115. The van der Waals surface area contributed by atoms with Crippen LogP contribution in [0.25, 0.3) is 0 Å². The number of hydrogen-bond acceptors (Lipinski definition) is 3. The monoisotopic (exact) mass is 464 g/mol. The van der Waals surface area contributed by atoms with Crippen LogP contribution in [0.5, 0.6) is 0 Å². The summed E-state index contributed by atoms with van der Waals surface area (Å²) in [5, 5.41) is 3.26. The fraction of sp³-hybridized carbons (Fsp3) is 0.481. The molecule has 33 heavy (non-hydrogen) atoms. The zero-order valence-electron chi connectivity index (χ0n) is 18.9. The van der Waals surface area contributed by atoms with Gasteiger partial charge in [0.05, 0.1) is 5.75 Å². The summed E-state index contributed by atoms with van der Waals surface area (Å²) in [4.78, 5) is 27.8. The summed E-state index contributed by atoms with van der Waals surface area (Å²) in [6, 6.07) is 12.0. The maximum absolute atomic E-state index is 13.4. The molecule has 172 valence electrons. The smallest absolute Gasteiger partial charge is 0.251 e. The van der Waals surface area contributed by atoms with Gasteiger partial charge < -0.3 is 5.32 Å². The van der Waals surface area contributed by atoms with Crippen molar-refractivity contribution in [1.82, 2.24) is 5.32 Å². The van der Waals surface area contributed by atoms with Crippen LogP contribution in [-0.4, -0.2) is 23.1 Å². The normalized spacial score (nSPS) is 32.4. The van der Waals surface area contributed by atoms with Gasteiger partial charge in [-0.1, -0.05) is 12.1 Å². The molecule has 4 aliphatic carbocycles. The molecule has 4 nitrogen and oxygen atoms in total. The molecule has 1 atom stereocenters. The second-order valence-electron chi connectivity index (χ2n) is 10.6. The highest BCUT2D eigenvalue weighted by atomic mass is 32.2. The minimum Gasteiger partial charge on any atom is -0.347 e. The number of rotatable bonds is 4. The van der Waals surface area contributed by atoms with Crippen molar-refractivity contribution < 1.29 is 14.0 Å². The Hall–Kier alpha value is -2.34. The third kappa shape index (κ3) is 3.76. The van der Waals surface area contributed by atoms with Crippen LogP contribution in [0.1, 0.15) is 65.4 Å². The van der Waals surface area contributed by atoms with Gasteiger partial charge in [0, 0.05) is 16.8 Å². The van der Waals surface area contributed by atoms with Crippen LogP contribution in [0.4, 0.5) is 10.1 Å². The summed E-state index contributed by atoms with van der Waals surface area (Å²) in [7, 11) is 0. The molecule has 5 fully saturated rings. The predicted octanol–water partition coefficient (Wildman–Crippen LogP) is 5.61. The van der Waals surface area contributed by atoms with Crippen molar-refractivity contribution in [2.24, 2.45) is 17.8 Å². The van der Waals surface area contributed by atoms with Crippen molar-refractivity contribution in [1.29, 1.82) is 0 Å². The lowest BCUT2D eigenvalue weighted by Gasteiger charge is -2.56. The van der Waals surface area contributed by atoms with Gasteiger partial charge >= 0.3 is 0 Å². The third-order valence-electron chi connectivity index (χ3n) is 8.16. The molecule has 2 aromatic carbocycles. The standard InChI is InChI=1S/C27H29FN2O2S/c1-16-8-21(25(32)29-27-12-17-9-18(13-27)11-19(10-17)14-27)4-7-23(16)30-24(31)15-33-26(30)20-2-5-22(28)6-3-20/h2-8,17-19,26H,9-15H2,1H3,(H,29,32). The van der Waals surface area contributed by atoms with Crippen LogP contribution in [0.2, 0.25) is 0 Å². The molecular formula is C27H29FN2O2S. The molecule has 0 radical (unpaired) electrons. The van der Waals surface area contributed by atoms with Crippen molar-refractivity contribution in [3.63, 3.8) is 0 Å². The summed E-state index contributed by atoms with van der Waals surface area (Å²) in [6.07, 6.45) is 7.42. The number of nitrogens with zero attached hydrogens (tertiary/aromatic N) is 1. The molecule has 1 saturated heterocycles. The first-order valence-corrected chi connectivity index (χ1v) is 13.1. The molecule has 1 N–H and O–H groups in total. The van der Waals surface area contributed by atoms with E-state index >= 15 is 0 Å². The molecule has 4 bridgehead atoms. The Bertz CT molecular complexity index is 1080. The van der Waals surface area contributed by atoms with Gasteiger partial charge in [-0.2, -0.15) is 0 Å². The highest BCUT2D eigenvalue weighted by molar-refractivity contribution is 8.00. The van der Waals surface area contributed by atoms with Crippen molar-refractivity contribution >= 4 is 29.3 Å². The summed E-state index contributed by atoms with van der Waals surface area (Å²) in [5.74, 6) is 2.47. The summed E-state index contributed by atoms with van der Waals surface area (Å²) < 4.78 is 13.4. The van der Waals surface area contributed by atoms with Crippen LogP contribution in [0.15, 0.2) is 42.5 Å². The Kier molecular flexibility index (Phi) is 5.05. The third-order valence-corrected chi connectivity index (χ3v) is 9.37. The van der Waals surface area contributed by atoms with Gasteiger partial charge in [-0.3, -0.25) is 14.5 Å². The summed E-state index contributed by atoms with van der Waals surface area (Å²) in [5.41, 5.74) is 3.25. The number of amides is 2. The molecular weight excluding hydrogens is 435 g/mol. The average molecular weight is 465 g/mol. The highest BCUT2D eigenvalue weighted by Gasteiger charge is 2.51. The van der Waals surface area contributed by atoms with Crippen LogP contribution in [0, 0.1) is 30.5 Å². The molecule has 0 aromatic heterocycles. The number of carbonyl (C=O) groups excluding carboxylic acids is 2. The van der Waals surface area contributed by atoms with E-state index in [1.807, 2.05) is 25.1 Å². The van der Waals surface area contributed by atoms with Crippen molar-refractivity contribution in [3.8, 4) is 0 Å². The molecule has 0 spiro atoms.